The molecule has 0 radical (unpaired) electrons. The maximum atomic E-state index is 12.7. The van der Waals surface area contributed by atoms with Crippen molar-refractivity contribution in [3.8, 4) is 0 Å². The number of anilines is 3. The number of carbonyl (C=O) groups excluding carboxylic acids is 7. The summed E-state index contributed by atoms with van der Waals surface area (Å²) in [6.07, 6.45) is 17.9. The van der Waals surface area contributed by atoms with E-state index >= 15 is 0 Å². The fourth-order valence-electron chi connectivity index (χ4n) is 11.3. The topological polar surface area (TPSA) is 313 Å². The van der Waals surface area contributed by atoms with E-state index in [1.807, 2.05) is 196 Å². The minimum atomic E-state index is -0.770. The molecule has 1 aliphatic carbocycles. The van der Waals surface area contributed by atoms with Crippen LogP contribution in [0.4, 0.5) is 21.9 Å². The number of amidine groups is 2. The lowest BCUT2D eigenvalue weighted by Gasteiger charge is -2.28. The predicted molar refractivity (Wildman–Crippen MR) is 460 cm³/mol. The number of hydrogen-bond acceptors (Lipinski definition) is 22. The largest absolute Gasteiger partial charge is 0.509 e. The highest BCUT2D eigenvalue weighted by atomic mass is 32.2. The molecule has 27 heteroatoms. The third kappa shape index (κ3) is 32.4. The molecule has 3 aromatic heterocycles. The molecule has 114 heavy (non-hydrogen) atoms. The third-order valence-electron chi connectivity index (χ3n) is 16.6. The number of carbonyl (C=O) groups is 7. The summed E-state index contributed by atoms with van der Waals surface area (Å²) in [6, 6.07) is 57.7. The van der Waals surface area contributed by atoms with Gasteiger partial charge in [-0.3, -0.25) is 49.0 Å². The molecule has 7 N–H and O–H groups in total. The van der Waals surface area contributed by atoms with Crippen molar-refractivity contribution >= 4 is 155 Å². The van der Waals surface area contributed by atoms with Gasteiger partial charge in [0.1, 0.15) is 40.7 Å². The summed E-state index contributed by atoms with van der Waals surface area (Å²) in [7, 11) is 1.32. The van der Waals surface area contributed by atoms with Crippen molar-refractivity contribution in [2.45, 2.75) is 142 Å². The molecular formula is C87H100N12O12S3. The number of para-hydroxylation sites is 3. The number of aromatic nitrogens is 3. The summed E-state index contributed by atoms with van der Waals surface area (Å²) in [5.74, 6) is -1.80. The minimum Gasteiger partial charge on any atom is -0.469 e. The van der Waals surface area contributed by atoms with E-state index in [1.54, 1.807) is 85.3 Å². The number of hydrogen-bond donors (Lipinski definition) is 7. The van der Waals surface area contributed by atoms with E-state index in [0.717, 1.165) is 104 Å². The minimum absolute atomic E-state index is 0.0111. The molecule has 9 aromatic rings. The van der Waals surface area contributed by atoms with Crippen LogP contribution in [0.25, 0.3) is 50.9 Å². The van der Waals surface area contributed by atoms with Gasteiger partial charge < -0.3 is 55.6 Å². The first kappa shape index (κ1) is 88.2. The molecule has 598 valence electrons. The van der Waals surface area contributed by atoms with Crippen LogP contribution in [0.15, 0.2) is 229 Å². The smallest absolute Gasteiger partial charge is 0.469 e. The lowest BCUT2D eigenvalue weighted by Crippen LogP contribution is -2.49. The number of nitrogens with one attached hydrogen (secondary N) is 7. The summed E-state index contributed by atoms with van der Waals surface area (Å²) < 4.78 is 26.3. The number of fused-ring (bicyclic) bond motifs is 3. The molecule has 6 aromatic carbocycles. The molecule has 5 unspecified atom stereocenters. The van der Waals surface area contributed by atoms with Crippen LogP contribution in [0.2, 0.25) is 0 Å². The number of ether oxygens (including phenoxy) is 5. The lowest BCUT2D eigenvalue weighted by molar-refractivity contribution is -0.151. The van der Waals surface area contributed by atoms with E-state index in [2.05, 4.69) is 62.2 Å². The van der Waals surface area contributed by atoms with Gasteiger partial charge in [-0.2, -0.15) is 0 Å². The monoisotopic (exact) mass is 1600 g/mol. The zero-order chi connectivity index (χ0) is 81.7. The fourth-order valence-corrected chi connectivity index (χ4v) is 13.7. The first-order valence-electron chi connectivity index (χ1n) is 37.4. The predicted octanol–water partition coefficient (Wildman–Crippen LogP) is 17.1. The van der Waals surface area contributed by atoms with E-state index in [1.165, 1.54) is 55.3 Å². The second kappa shape index (κ2) is 46.0. The Morgan fingerprint density at radius 2 is 0.912 bits per heavy atom. The van der Waals surface area contributed by atoms with Crippen LogP contribution < -0.4 is 37.2 Å². The molecule has 24 nitrogen and oxygen atoms in total. The number of rotatable bonds is 29. The van der Waals surface area contributed by atoms with E-state index in [9.17, 15) is 33.6 Å². The quantitative estimate of drug-likeness (QED) is 0.00572. The lowest BCUT2D eigenvalue weighted by atomic mass is 9.86. The Bertz CT molecular complexity index is 4780. The van der Waals surface area contributed by atoms with Crippen molar-refractivity contribution in [1.29, 1.82) is 0 Å². The van der Waals surface area contributed by atoms with Crippen molar-refractivity contribution in [2.24, 2.45) is 21.3 Å². The SMILES string of the molecule is CC(N=C(Nc1cccc2cccnc12)SCOC(=O)OC(C)(C)C)NC(=O)/C=C/c1ccccc1.CC(NC(=O)/C=C/c1ccccc1)NC(Nc1cccc2cccnc12)SC(C)OC(=O)C1CCCCC1.COC(=O)CC(C)(C)CC(=O)OCSC(=NC(C)NC(=O)/C=C/c1ccccc1)Nc1cccc2cccnc12. The van der Waals surface area contributed by atoms with Gasteiger partial charge in [0.2, 0.25) is 17.7 Å². The Labute approximate surface area is 678 Å². The first-order chi connectivity index (χ1) is 54.8. The molecule has 0 saturated heterocycles. The maximum absolute atomic E-state index is 12.7. The number of esters is 3. The van der Waals surface area contributed by atoms with Gasteiger partial charge in [-0.15, -0.1) is 0 Å². The van der Waals surface area contributed by atoms with E-state index < -0.39 is 40.9 Å². The van der Waals surface area contributed by atoms with Crippen LogP contribution in [0, 0.1) is 11.3 Å². The van der Waals surface area contributed by atoms with Gasteiger partial charge in [-0.1, -0.05) is 190 Å². The molecule has 10 rings (SSSR count). The highest BCUT2D eigenvalue weighted by molar-refractivity contribution is 8.14. The molecular weight excluding hydrogens is 1500 g/mol. The summed E-state index contributed by atoms with van der Waals surface area (Å²) in [4.78, 5) is 109. The summed E-state index contributed by atoms with van der Waals surface area (Å²) >= 11 is 3.78. The summed E-state index contributed by atoms with van der Waals surface area (Å²) in [5.41, 5.74) is 5.43. The number of benzene rings is 6. The third-order valence-corrected chi connectivity index (χ3v) is 19.1. The molecule has 0 aliphatic heterocycles. The van der Waals surface area contributed by atoms with Gasteiger partial charge >= 0.3 is 24.1 Å². The Hall–Kier alpha value is -11.4. The number of aliphatic imine (C=N–C) groups is 2. The van der Waals surface area contributed by atoms with Gasteiger partial charge in [-0.05, 0) is 162 Å². The summed E-state index contributed by atoms with van der Waals surface area (Å²) in [5, 5.41) is 25.8. The zero-order valence-corrected chi connectivity index (χ0v) is 68.2. The van der Waals surface area contributed by atoms with Crippen molar-refractivity contribution in [3.63, 3.8) is 0 Å². The van der Waals surface area contributed by atoms with Crippen LogP contribution in [-0.4, -0.2) is 121 Å². The van der Waals surface area contributed by atoms with Crippen LogP contribution >= 0.6 is 35.3 Å². The van der Waals surface area contributed by atoms with Gasteiger partial charge in [0.15, 0.2) is 10.3 Å². The molecule has 1 saturated carbocycles. The van der Waals surface area contributed by atoms with E-state index in [4.69, 9.17) is 23.7 Å². The maximum Gasteiger partial charge on any atom is 0.509 e. The van der Waals surface area contributed by atoms with Crippen LogP contribution in [0.3, 0.4) is 0 Å². The molecule has 3 amide bonds. The van der Waals surface area contributed by atoms with Crippen molar-refractivity contribution in [2.75, 3.05) is 34.9 Å². The summed E-state index contributed by atoms with van der Waals surface area (Å²) in [6.45, 7) is 16.2. The number of nitrogens with zero attached hydrogens (tertiary/aromatic N) is 5. The van der Waals surface area contributed by atoms with Gasteiger partial charge in [0.25, 0.3) is 0 Å². The number of pyridine rings is 3. The van der Waals surface area contributed by atoms with Gasteiger partial charge in [0, 0.05) is 53.0 Å². The number of amides is 3. The molecule has 0 bridgehead atoms. The normalized spacial score (nSPS) is 14.0. The molecule has 0 spiro atoms. The Morgan fingerprint density at radius 3 is 1.36 bits per heavy atom. The molecule has 5 atom stereocenters. The molecule has 3 heterocycles. The Kier molecular flexibility index (Phi) is 35.5. The number of thioether (sulfide) groups is 3. The van der Waals surface area contributed by atoms with Crippen molar-refractivity contribution in [1.82, 2.24) is 36.2 Å². The zero-order valence-electron chi connectivity index (χ0n) is 65.7. The van der Waals surface area contributed by atoms with Gasteiger partial charge in [-0.25, -0.2) is 14.8 Å². The highest BCUT2D eigenvalue weighted by Gasteiger charge is 2.29. The molecule has 1 fully saturated rings. The average molecular weight is 1600 g/mol. The van der Waals surface area contributed by atoms with Crippen molar-refractivity contribution < 1.29 is 57.2 Å². The van der Waals surface area contributed by atoms with Crippen LogP contribution in [-0.2, 0) is 52.5 Å². The van der Waals surface area contributed by atoms with E-state index in [0.29, 0.717) is 10.3 Å². The molecule has 1 aliphatic rings. The standard InChI is InChI=1S/C30H34N4O5S.C30H36N4O3S.C27H30N4O4S/c1-21(32-25(35)16-15-22-10-6-5-7-11-22)33-29(34-24-14-8-12-23-13-9-17-31-28(23)24)40-20-39-27(37)19-30(2,3)18-26(36)38-4;1-21(32-27(35)19-18-23-11-5-3-6-12-23)33-30(34-26-17-9-15-24-16-10-20-31-28(24)26)38-22(2)37-29(36)25-13-7-4-8-14-25;1-19(29-23(32)16-15-20-10-6-5-7-11-20)30-25(36-18-34-26(33)35-27(2,3)4)31-22-14-8-12-21-13-9-17-28-24(21)22/h5-17,21H,18-20H2,1-4H3,(H,32,35)(H,33,34);3,5-6,9-12,15-22,25,30,33-34H,4,7-8,13-14H2,1-2H3,(H,32,35);5-17,19H,18H2,1-4H3,(H,29,32)(H,30,31)/b16-15+;19-18+;16-15+. The average Bonchev–Trinajstić information content (AvgIpc) is 0.836. The van der Waals surface area contributed by atoms with Crippen molar-refractivity contribution in [3.05, 3.63) is 235 Å². The highest BCUT2D eigenvalue weighted by Crippen LogP contribution is 2.31. The van der Waals surface area contributed by atoms with Crippen LogP contribution in [0.1, 0.15) is 124 Å². The van der Waals surface area contributed by atoms with Gasteiger partial charge in [0.05, 0.1) is 65.6 Å². The second-order valence-electron chi connectivity index (χ2n) is 28.0. The Morgan fingerprint density at radius 1 is 0.500 bits per heavy atom. The fraction of sp³-hybridized carbons (Fsp3) is 0.310. The van der Waals surface area contributed by atoms with Crippen LogP contribution in [0.5, 0.6) is 0 Å². The second-order valence-corrected chi connectivity index (χ2v) is 31.2. The van der Waals surface area contributed by atoms with E-state index in [-0.39, 0.29) is 72.0 Å². The number of methoxy groups -OCH3 is 1. The first-order valence-corrected chi connectivity index (χ1v) is 40.3. The Balaban J connectivity index is 0.000000214.